The molecule has 0 N–H and O–H groups in total. The average molecular weight is 382 g/mol. The van der Waals surface area contributed by atoms with Crippen LogP contribution in [-0.4, -0.2) is 45.5 Å². The van der Waals surface area contributed by atoms with Crippen molar-refractivity contribution in [2.75, 3.05) is 19.2 Å². The van der Waals surface area contributed by atoms with Crippen LogP contribution in [0.4, 0.5) is 0 Å². The van der Waals surface area contributed by atoms with Gasteiger partial charge < -0.3 is 14.2 Å². The van der Waals surface area contributed by atoms with E-state index < -0.39 is 5.79 Å². The molecular weight excluding hydrogens is 364 g/mol. The molecule has 138 valence electrons. The highest BCUT2D eigenvalue weighted by Gasteiger charge is 2.37. The predicted molar refractivity (Wildman–Crippen MR) is 102 cm³/mol. The summed E-state index contributed by atoms with van der Waals surface area (Å²) in [5.74, 6) is 1.73. The third-order valence-electron chi connectivity index (χ3n) is 4.62. The van der Waals surface area contributed by atoms with Gasteiger partial charge in [-0.1, -0.05) is 36.0 Å². The van der Waals surface area contributed by atoms with Crippen LogP contribution < -0.4 is 4.74 Å². The van der Waals surface area contributed by atoms with Crippen molar-refractivity contribution in [2.45, 2.75) is 17.9 Å². The molecule has 8 heteroatoms. The number of allylic oxidation sites excluding steroid dienone is 2. The Morgan fingerprint density at radius 3 is 2.85 bits per heavy atom. The van der Waals surface area contributed by atoms with E-state index in [-0.39, 0.29) is 5.92 Å². The number of hydrogen-bond acceptors (Lipinski definition) is 7. The van der Waals surface area contributed by atoms with Gasteiger partial charge in [-0.3, -0.25) is 0 Å². The summed E-state index contributed by atoms with van der Waals surface area (Å²) in [4.78, 5) is 0. The zero-order valence-electron chi connectivity index (χ0n) is 14.7. The number of hydrogen-bond donors (Lipinski definition) is 0. The molecule has 1 fully saturated rings. The van der Waals surface area contributed by atoms with E-state index in [0.717, 1.165) is 27.9 Å². The van der Waals surface area contributed by atoms with Gasteiger partial charge >= 0.3 is 0 Å². The van der Waals surface area contributed by atoms with Crippen LogP contribution in [0.5, 0.6) is 5.75 Å². The third-order valence-corrected chi connectivity index (χ3v) is 5.57. The van der Waals surface area contributed by atoms with Crippen LogP contribution in [0, 0.1) is 5.92 Å². The van der Waals surface area contributed by atoms with Crippen molar-refractivity contribution in [2.24, 2.45) is 11.0 Å². The quantitative estimate of drug-likeness (QED) is 0.757. The Hall–Kier alpha value is -2.42. The number of thioether (sulfide) groups is 1. The Morgan fingerprint density at radius 1 is 1.26 bits per heavy atom. The van der Waals surface area contributed by atoms with Gasteiger partial charge in [-0.15, -0.1) is 10.2 Å². The fourth-order valence-corrected chi connectivity index (χ4v) is 4.06. The molecule has 3 aliphatic rings. The number of ether oxygens (including phenoxy) is 3. The first kappa shape index (κ1) is 16.7. The van der Waals surface area contributed by atoms with Crippen LogP contribution in [-0.2, 0) is 9.47 Å². The molecule has 1 aliphatic carbocycles. The van der Waals surface area contributed by atoms with E-state index in [1.807, 2.05) is 48.0 Å². The molecule has 7 nitrogen and oxygen atoms in total. The maximum absolute atomic E-state index is 5.60. The zero-order valence-corrected chi connectivity index (χ0v) is 15.6. The van der Waals surface area contributed by atoms with Gasteiger partial charge in [0.05, 0.1) is 12.3 Å². The molecule has 1 spiro atoms. The maximum Gasteiger partial charge on any atom is 0.212 e. The second-order valence-corrected chi connectivity index (χ2v) is 7.27. The third kappa shape index (κ3) is 2.99. The van der Waals surface area contributed by atoms with Crippen LogP contribution in [0.1, 0.15) is 6.92 Å². The molecule has 0 saturated carbocycles. The first-order valence-electron chi connectivity index (χ1n) is 8.82. The van der Waals surface area contributed by atoms with E-state index in [2.05, 4.69) is 22.3 Å². The van der Waals surface area contributed by atoms with Crippen LogP contribution >= 0.6 is 11.8 Å². The number of fused-ring (bicyclic) bond motifs is 1. The van der Waals surface area contributed by atoms with Gasteiger partial charge in [-0.05, 0) is 31.2 Å². The molecule has 0 radical (unpaired) electrons. The Labute approximate surface area is 160 Å². The highest BCUT2D eigenvalue weighted by Crippen LogP contribution is 2.34. The van der Waals surface area contributed by atoms with Crippen LogP contribution in [0.15, 0.2) is 58.8 Å². The summed E-state index contributed by atoms with van der Waals surface area (Å²) < 4.78 is 18.4. The normalized spacial score (nSPS) is 20.3. The van der Waals surface area contributed by atoms with Crippen molar-refractivity contribution in [1.82, 2.24) is 14.9 Å². The second-order valence-electron chi connectivity index (χ2n) is 6.33. The largest absolute Gasteiger partial charge is 0.494 e. The monoisotopic (exact) mass is 382 g/mol. The van der Waals surface area contributed by atoms with Gasteiger partial charge in [0.15, 0.2) is 12.6 Å². The van der Waals surface area contributed by atoms with Crippen LogP contribution in [0.25, 0.3) is 11.4 Å². The maximum atomic E-state index is 5.60. The molecule has 1 aromatic heterocycles. The number of aromatic nitrogens is 3. The SMILES string of the molecule is CCOc1cccc(-c2nnc3n2N=C(C2C=CC4(C=C2)OCO4)CS3)c1. The minimum atomic E-state index is -0.661. The lowest BCUT2D eigenvalue weighted by Crippen LogP contribution is -2.44. The Kier molecular flexibility index (Phi) is 4.11. The highest BCUT2D eigenvalue weighted by atomic mass is 32.2. The van der Waals surface area contributed by atoms with Gasteiger partial charge in [0.2, 0.25) is 10.9 Å². The van der Waals surface area contributed by atoms with E-state index in [1.165, 1.54) is 0 Å². The van der Waals surface area contributed by atoms with Gasteiger partial charge in [-0.2, -0.15) is 9.78 Å². The van der Waals surface area contributed by atoms with E-state index in [0.29, 0.717) is 19.2 Å². The molecule has 2 aromatic rings. The smallest absolute Gasteiger partial charge is 0.212 e. The highest BCUT2D eigenvalue weighted by molar-refractivity contribution is 7.99. The molecule has 0 atom stereocenters. The topological polar surface area (TPSA) is 70.8 Å². The molecule has 0 amide bonds. The van der Waals surface area contributed by atoms with Gasteiger partial charge in [0.1, 0.15) is 5.75 Å². The molecule has 2 aliphatic heterocycles. The Bertz CT molecular complexity index is 946. The Balaban J connectivity index is 1.45. The van der Waals surface area contributed by atoms with Gasteiger partial charge in [0.25, 0.3) is 0 Å². The molecule has 1 saturated heterocycles. The van der Waals surface area contributed by atoms with Gasteiger partial charge in [-0.25, -0.2) is 0 Å². The summed E-state index contributed by atoms with van der Waals surface area (Å²) in [5, 5.41) is 14.3. The van der Waals surface area contributed by atoms with Crippen molar-refractivity contribution in [3.8, 4) is 17.1 Å². The zero-order chi connectivity index (χ0) is 18.3. The molecular formula is C19H18N4O3S. The summed E-state index contributed by atoms with van der Waals surface area (Å²) in [6.45, 7) is 2.92. The lowest BCUT2D eigenvalue weighted by Gasteiger charge is -2.38. The number of rotatable bonds is 4. The minimum absolute atomic E-state index is 0.106. The van der Waals surface area contributed by atoms with Crippen LogP contribution in [0.2, 0.25) is 0 Å². The van der Waals surface area contributed by atoms with E-state index in [1.54, 1.807) is 11.8 Å². The summed E-state index contributed by atoms with van der Waals surface area (Å²) in [5.41, 5.74) is 1.96. The van der Waals surface area contributed by atoms with E-state index in [9.17, 15) is 0 Å². The fourth-order valence-electron chi connectivity index (χ4n) is 3.18. The summed E-state index contributed by atoms with van der Waals surface area (Å²) >= 11 is 1.64. The number of nitrogens with zero attached hydrogens (tertiary/aromatic N) is 4. The minimum Gasteiger partial charge on any atom is -0.494 e. The lowest BCUT2D eigenvalue weighted by molar-refractivity contribution is -0.347. The standard InChI is InChI=1S/C19H18N4O3S/c1-2-24-15-5-3-4-14(10-15)17-20-21-18-23(17)22-16(11-27-18)13-6-8-19(9-7-13)25-12-26-19/h3-10,13H,2,11-12H2,1H3. The summed E-state index contributed by atoms with van der Waals surface area (Å²) in [6, 6.07) is 7.84. The van der Waals surface area contributed by atoms with Crippen molar-refractivity contribution < 1.29 is 14.2 Å². The molecule has 0 bridgehead atoms. The number of benzene rings is 1. The first-order valence-corrected chi connectivity index (χ1v) is 9.81. The molecule has 5 rings (SSSR count). The first-order chi connectivity index (χ1) is 13.3. The summed E-state index contributed by atoms with van der Waals surface area (Å²) in [6.07, 6.45) is 8.04. The average Bonchev–Trinajstić information content (AvgIpc) is 3.11. The van der Waals surface area contributed by atoms with Crippen LogP contribution in [0.3, 0.4) is 0 Å². The van der Waals surface area contributed by atoms with Crippen molar-refractivity contribution >= 4 is 17.5 Å². The molecule has 1 aromatic carbocycles. The Morgan fingerprint density at radius 2 is 2.11 bits per heavy atom. The van der Waals surface area contributed by atoms with Crippen molar-refractivity contribution in [3.63, 3.8) is 0 Å². The van der Waals surface area contributed by atoms with E-state index in [4.69, 9.17) is 19.3 Å². The van der Waals surface area contributed by atoms with Crippen molar-refractivity contribution in [1.29, 1.82) is 0 Å². The molecule has 3 heterocycles. The predicted octanol–water partition coefficient (Wildman–Crippen LogP) is 3.10. The molecule has 27 heavy (non-hydrogen) atoms. The van der Waals surface area contributed by atoms with Gasteiger partial charge in [0, 0.05) is 17.2 Å². The summed E-state index contributed by atoms with van der Waals surface area (Å²) in [7, 11) is 0. The van der Waals surface area contributed by atoms with Crippen molar-refractivity contribution in [3.05, 3.63) is 48.6 Å². The fraction of sp³-hybridized carbons (Fsp3) is 0.316. The lowest BCUT2D eigenvalue weighted by atomic mass is 9.95. The second kappa shape index (κ2) is 6.63. The van der Waals surface area contributed by atoms with E-state index >= 15 is 0 Å². The molecule has 0 unspecified atom stereocenters.